The zero-order chi connectivity index (χ0) is 12.5. The highest BCUT2D eigenvalue weighted by molar-refractivity contribution is 6.34. The molecule has 1 aromatic heterocycles. The molecule has 1 unspecified atom stereocenters. The average Bonchev–Trinajstić information content (AvgIpc) is 2.72. The molecule has 1 aromatic carbocycles. The Morgan fingerprint density at radius 2 is 2.24 bits per heavy atom. The van der Waals surface area contributed by atoms with Crippen molar-refractivity contribution in [2.75, 3.05) is 13.7 Å². The monoisotopic (exact) mass is 254 g/mol. The van der Waals surface area contributed by atoms with Crippen LogP contribution in [0.4, 0.5) is 0 Å². The lowest BCUT2D eigenvalue weighted by molar-refractivity contribution is 0.00405. The quantitative estimate of drug-likeness (QED) is 0.910. The van der Waals surface area contributed by atoms with E-state index in [2.05, 4.69) is 0 Å². The lowest BCUT2D eigenvalue weighted by Crippen LogP contribution is -2.22. The summed E-state index contributed by atoms with van der Waals surface area (Å²) in [6, 6.07) is 7.34. The van der Waals surface area contributed by atoms with Crippen LogP contribution >= 0.6 is 11.6 Å². The maximum Gasteiger partial charge on any atom is 0.153 e. The van der Waals surface area contributed by atoms with Crippen molar-refractivity contribution < 1.29 is 14.3 Å². The SMILES string of the molecule is COCCC(C)(O)c1cc2cccc(Cl)c2o1. The second kappa shape index (κ2) is 4.69. The zero-order valence-corrected chi connectivity index (χ0v) is 10.6. The molecule has 1 heterocycles. The van der Waals surface area contributed by atoms with Crippen molar-refractivity contribution in [3.63, 3.8) is 0 Å². The van der Waals surface area contributed by atoms with Crippen molar-refractivity contribution in [1.29, 1.82) is 0 Å². The summed E-state index contributed by atoms with van der Waals surface area (Å²) in [6.45, 7) is 2.18. The lowest BCUT2D eigenvalue weighted by atomic mass is 9.99. The van der Waals surface area contributed by atoms with Gasteiger partial charge in [0.05, 0.1) is 5.02 Å². The maximum absolute atomic E-state index is 10.3. The van der Waals surface area contributed by atoms with Crippen molar-refractivity contribution >= 4 is 22.6 Å². The molecule has 1 N–H and O–H groups in total. The number of halogens is 1. The molecule has 0 amide bonds. The third kappa shape index (κ3) is 2.46. The van der Waals surface area contributed by atoms with Gasteiger partial charge in [-0.2, -0.15) is 0 Å². The molecular formula is C13H15ClO3. The molecule has 3 nitrogen and oxygen atoms in total. The summed E-state index contributed by atoms with van der Waals surface area (Å²) in [5, 5.41) is 11.7. The van der Waals surface area contributed by atoms with Crippen LogP contribution in [0.2, 0.25) is 5.02 Å². The Kier molecular flexibility index (Phi) is 3.43. The van der Waals surface area contributed by atoms with E-state index in [1.165, 1.54) is 0 Å². The van der Waals surface area contributed by atoms with E-state index in [0.29, 0.717) is 29.4 Å². The van der Waals surface area contributed by atoms with Gasteiger partial charge in [0.15, 0.2) is 5.58 Å². The minimum atomic E-state index is -1.04. The van der Waals surface area contributed by atoms with E-state index in [1.807, 2.05) is 18.2 Å². The number of furan rings is 1. The number of benzene rings is 1. The predicted molar refractivity (Wildman–Crippen MR) is 67.3 cm³/mol. The number of fused-ring (bicyclic) bond motifs is 1. The topological polar surface area (TPSA) is 42.6 Å². The van der Waals surface area contributed by atoms with Gasteiger partial charge in [-0.15, -0.1) is 0 Å². The smallest absolute Gasteiger partial charge is 0.153 e. The second-order valence-corrected chi connectivity index (χ2v) is 4.69. The number of aliphatic hydroxyl groups is 1. The number of ether oxygens (including phenoxy) is 1. The van der Waals surface area contributed by atoms with Crippen LogP contribution in [0.25, 0.3) is 11.0 Å². The van der Waals surface area contributed by atoms with Crippen molar-refractivity contribution in [1.82, 2.24) is 0 Å². The van der Waals surface area contributed by atoms with Crippen molar-refractivity contribution in [2.24, 2.45) is 0 Å². The van der Waals surface area contributed by atoms with Crippen molar-refractivity contribution in [3.8, 4) is 0 Å². The van der Waals surface area contributed by atoms with Gasteiger partial charge >= 0.3 is 0 Å². The van der Waals surface area contributed by atoms with Gasteiger partial charge in [-0.05, 0) is 19.1 Å². The van der Waals surface area contributed by atoms with Gasteiger partial charge in [-0.1, -0.05) is 23.7 Å². The van der Waals surface area contributed by atoms with Gasteiger partial charge < -0.3 is 14.3 Å². The summed E-state index contributed by atoms with van der Waals surface area (Å²) in [5.74, 6) is 0.512. The number of para-hydroxylation sites is 1. The first-order valence-electron chi connectivity index (χ1n) is 5.44. The Morgan fingerprint density at radius 1 is 1.47 bits per heavy atom. The molecule has 92 valence electrons. The molecule has 0 spiro atoms. The van der Waals surface area contributed by atoms with Gasteiger partial charge in [0, 0.05) is 25.5 Å². The number of hydrogen-bond acceptors (Lipinski definition) is 3. The fourth-order valence-corrected chi connectivity index (χ4v) is 1.94. The summed E-state index contributed by atoms with van der Waals surface area (Å²) in [4.78, 5) is 0. The van der Waals surface area contributed by atoms with Crippen LogP contribution < -0.4 is 0 Å². The van der Waals surface area contributed by atoms with Gasteiger partial charge in [0.25, 0.3) is 0 Å². The molecule has 17 heavy (non-hydrogen) atoms. The normalized spacial score (nSPS) is 15.1. The van der Waals surface area contributed by atoms with Crippen LogP contribution in [-0.2, 0) is 10.3 Å². The zero-order valence-electron chi connectivity index (χ0n) is 9.87. The molecule has 0 radical (unpaired) electrons. The van der Waals surface area contributed by atoms with Gasteiger partial charge in [-0.25, -0.2) is 0 Å². The Hall–Kier alpha value is -1.03. The Bertz CT molecular complexity index is 516. The van der Waals surface area contributed by atoms with E-state index >= 15 is 0 Å². The summed E-state index contributed by atoms with van der Waals surface area (Å²) < 4.78 is 10.6. The van der Waals surface area contributed by atoms with E-state index < -0.39 is 5.60 Å². The van der Waals surface area contributed by atoms with Crippen LogP contribution in [-0.4, -0.2) is 18.8 Å². The van der Waals surface area contributed by atoms with Crippen molar-refractivity contribution in [2.45, 2.75) is 18.9 Å². The molecule has 0 fully saturated rings. The highest BCUT2D eigenvalue weighted by Crippen LogP contribution is 2.33. The third-order valence-corrected chi connectivity index (χ3v) is 3.12. The molecule has 2 aromatic rings. The first-order chi connectivity index (χ1) is 8.04. The van der Waals surface area contributed by atoms with Gasteiger partial charge in [0.2, 0.25) is 0 Å². The Balaban J connectivity index is 2.39. The molecule has 4 heteroatoms. The molecule has 2 rings (SSSR count). The predicted octanol–water partition coefficient (Wildman–Crippen LogP) is 3.33. The Morgan fingerprint density at radius 3 is 2.88 bits per heavy atom. The molecule has 0 aliphatic carbocycles. The van der Waals surface area contributed by atoms with E-state index in [9.17, 15) is 5.11 Å². The standard InChI is InChI=1S/C13H15ClO3/c1-13(15,6-7-16-2)11-8-9-4-3-5-10(14)12(9)17-11/h3-5,8,15H,6-7H2,1-2H3. The molecule has 0 saturated carbocycles. The molecule has 0 aliphatic rings. The number of hydrogen-bond donors (Lipinski definition) is 1. The molecule has 1 atom stereocenters. The maximum atomic E-state index is 10.3. The number of rotatable bonds is 4. The second-order valence-electron chi connectivity index (χ2n) is 4.29. The summed E-state index contributed by atoms with van der Waals surface area (Å²) in [5.41, 5.74) is -0.430. The van der Waals surface area contributed by atoms with Crippen LogP contribution in [0.3, 0.4) is 0 Å². The lowest BCUT2D eigenvalue weighted by Gasteiger charge is -2.19. The molecule has 0 aliphatic heterocycles. The van der Waals surface area contributed by atoms with Crippen LogP contribution in [0.1, 0.15) is 19.1 Å². The van der Waals surface area contributed by atoms with E-state index in [1.54, 1.807) is 20.1 Å². The van der Waals surface area contributed by atoms with Crippen LogP contribution in [0.15, 0.2) is 28.7 Å². The van der Waals surface area contributed by atoms with Crippen LogP contribution in [0, 0.1) is 0 Å². The van der Waals surface area contributed by atoms with E-state index in [-0.39, 0.29) is 0 Å². The molecule has 0 bridgehead atoms. The van der Waals surface area contributed by atoms with E-state index in [0.717, 1.165) is 5.39 Å². The van der Waals surface area contributed by atoms with Crippen molar-refractivity contribution in [3.05, 3.63) is 35.0 Å². The van der Waals surface area contributed by atoms with E-state index in [4.69, 9.17) is 20.8 Å². The van der Waals surface area contributed by atoms with Gasteiger partial charge in [-0.3, -0.25) is 0 Å². The molecule has 0 saturated heterocycles. The third-order valence-electron chi connectivity index (χ3n) is 2.82. The fraction of sp³-hybridized carbons (Fsp3) is 0.385. The summed E-state index contributed by atoms with van der Waals surface area (Å²) >= 11 is 6.02. The highest BCUT2D eigenvalue weighted by Gasteiger charge is 2.27. The first-order valence-corrected chi connectivity index (χ1v) is 5.82. The van der Waals surface area contributed by atoms with Gasteiger partial charge in [0.1, 0.15) is 11.4 Å². The largest absolute Gasteiger partial charge is 0.456 e. The Labute approximate surface area is 105 Å². The first kappa shape index (κ1) is 12.4. The molecular weight excluding hydrogens is 240 g/mol. The minimum absolute atomic E-state index is 0.470. The van der Waals surface area contributed by atoms with Crippen LogP contribution in [0.5, 0.6) is 0 Å². The summed E-state index contributed by atoms with van der Waals surface area (Å²) in [7, 11) is 1.60. The average molecular weight is 255 g/mol. The highest BCUT2D eigenvalue weighted by atomic mass is 35.5. The number of methoxy groups -OCH3 is 1. The minimum Gasteiger partial charge on any atom is -0.456 e. The summed E-state index contributed by atoms with van der Waals surface area (Å²) in [6.07, 6.45) is 0.473. The fourth-order valence-electron chi connectivity index (χ4n) is 1.72.